The van der Waals surface area contributed by atoms with Gasteiger partial charge in [0, 0.05) is 36.0 Å². The van der Waals surface area contributed by atoms with Gasteiger partial charge < -0.3 is 10.0 Å². The lowest BCUT2D eigenvalue weighted by Gasteiger charge is -2.28. The van der Waals surface area contributed by atoms with Crippen molar-refractivity contribution in [2.24, 2.45) is 0 Å². The molecule has 0 amide bonds. The minimum absolute atomic E-state index is 0.0824. The topological polar surface area (TPSA) is 105 Å². The number of thioether (sulfide) groups is 1. The molecule has 5 rings (SSSR count). The van der Waals surface area contributed by atoms with Crippen LogP contribution in [0.3, 0.4) is 0 Å². The molecule has 0 atom stereocenters. The third-order valence-corrected chi connectivity index (χ3v) is 7.39. The number of aromatic carboxylic acids is 1. The van der Waals surface area contributed by atoms with Gasteiger partial charge in [-0.05, 0) is 18.2 Å². The third-order valence-electron chi connectivity index (χ3n) is 5.30. The number of nitro benzene ring substituents is 1. The molecule has 30 heavy (non-hydrogen) atoms. The summed E-state index contributed by atoms with van der Waals surface area (Å²) in [6.07, 6.45) is 0. The molecular weight excluding hydrogens is 426 g/mol. The molecule has 152 valence electrons. The van der Waals surface area contributed by atoms with Crippen molar-refractivity contribution < 1.29 is 14.8 Å². The van der Waals surface area contributed by atoms with E-state index in [4.69, 9.17) is 0 Å². The summed E-state index contributed by atoms with van der Waals surface area (Å²) >= 11 is 2.96. The highest BCUT2D eigenvalue weighted by molar-refractivity contribution is 7.99. The Hall–Kier alpha value is -3.11. The van der Waals surface area contributed by atoms with Crippen molar-refractivity contribution in [3.05, 3.63) is 62.3 Å². The highest BCUT2D eigenvalue weighted by atomic mass is 32.2. The summed E-state index contributed by atoms with van der Waals surface area (Å²) in [7, 11) is 0. The third kappa shape index (κ3) is 2.75. The molecule has 0 saturated carbocycles. The van der Waals surface area contributed by atoms with Crippen molar-refractivity contribution in [2.75, 3.05) is 29.5 Å². The number of pyridine rings is 1. The predicted molar refractivity (Wildman–Crippen MR) is 120 cm³/mol. The summed E-state index contributed by atoms with van der Waals surface area (Å²) in [5.41, 5.74) is 0.409. The maximum atomic E-state index is 13.2. The molecule has 10 heteroatoms. The first-order valence-electron chi connectivity index (χ1n) is 9.22. The van der Waals surface area contributed by atoms with E-state index < -0.39 is 16.3 Å². The van der Waals surface area contributed by atoms with Crippen LogP contribution in [0.15, 0.2) is 41.2 Å². The van der Waals surface area contributed by atoms with Crippen LogP contribution in [-0.2, 0) is 0 Å². The number of nitro groups is 1. The normalized spacial score (nSPS) is 14.6. The van der Waals surface area contributed by atoms with Crippen LogP contribution < -0.4 is 10.3 Å². The first-order valence-corrected chi connectivity index (χ1v) is 11.2. The molecule has 0 bridgehead atoms. The van der Waals surface area contributed by atoms with Crippen LogP contribution in [0.2, 0.25) is 0 Å². The molecule has 8 nitrogen and oxygen atoms in total. The van der Waals surface area contributed by atoms with Crippen molar-refractivity contribution in [1.82, 2.24) is 4.40 Å². The molecule has 2 aromatic heterocycles. The van der Waals surface area contributed by atoms with E-state index in [9.17, 15) is 24.8 Å². The van der Waals surface area contributed by atoms with Gasteiger partial charge in [-0.3, -0.25) is 19.3 Å². The number of aromatic nitrogens is 1. The number of hydrogen-bond donors (Lipinski definition) is 1. The molecule has 0 unspecified atom stereocenters. The van der Waals surface area contributed by atoms with E-state index in [0.717, 1.165) is 16.2 Å². The van der Waals surface area contributed by atoms with E-state index in [1.165, 1.54) is 23.5 Å². The Morgan fingerprint density at radius 2 is 1.87 bits per heavy atom. The average molecular weight is 441 g/mol. The van der Waals surface area contributed by atoms with Crippen LogP contribution in [0.4, 0.5) is 11.4 Å². The summed E-state index contributed by atoms with van der Waals surface area (Å²) in [4.78, 5) is 38.8. The Morgan fingerprint density at radius 3 is 2.57 bits per heavy atom. The average Bonchev–Trinajstić information content (AvgIpc) is 3.12. The van der Waals surface area contributed by atoms with Crippen molar-refractivity contribution in [3.8, 4) is 0 Å². The second-order valence-corrected chi connectivity index (χ2v) is 9.19. The number of para-hydroxylation sites is 1. The minimum atomic E-state index is -1.31. The minimum Gasteiger partial charge on any atom is -0.477 e. The van der Waals surface area contributed by atoms with E-state index in [1.54, 1.807) is 16.2 Å². The van der Waals surface area contributed by atoms with Gasteiger partial charge in [0.05, 0.1) is 20.7 Å². The highest BCUT2D eigenvalue weighted by Gasteiger charge is 2.27. The number of rotatable bonds is 3. The second kappa shape index (κ2) is 6.99. The predicted octanol–water partition coefficient (Wildman–Crippen LogP) is 3.83. The number of hydrogen-bond acceptors (Lipinski definition) is 7. The number of nitrogens with zero attached hydrogens (tertiary/aromatic N) is 3. The molecule has 4 aromatic rings. The van der Waals surface area contributed by atoms with Crippen LogP contribution in [0, 0.1) is 10.1 Å². The van der Waals surface area contributed by atoms with Crippen molar-refractivity contribution in [2.45, 2.75) is 0 Å². The largest absolute Gasteiger partial charge is 0.477 e. The molecule has 1 aliphatic rings. The lowest BCUT2D eigenvalue weighted by Crippen LogP contribution is -2.33. The fraction of sp³-hybridized carbons (Fsp3) is 0.200. The Labute approximate surface area is 177 Å². The van der Waals surface area contributed by atoms with E-state index in [2.05, 4.69) is 0 Å². The van der Waals surface area contributed by atoms with Gasteiger partial charge in [-0.25, -0.2) is 4.79 Å². The molecule has 1 fully saturated rings. The fourth-order valence-corrected chi connectivity index (χ4v) is 6.04. The quantitative estimate of drug-likeness (QED) is 0.380. The Bertz CT molecular complexity index is 1420. The molecule has 0 spiro atoms. The highest BCUT2D eigenvalue weighted by Crippen LogP contribution is 2.37. The first-order chi connectivity index (χ1) is 14.5. The number of carboxylic acids is 1. The monoisotopic (exact) mass is 441 g/mol. The van der Waals surface area contributed by atoms with Gasteiger partial charge in [-0.1, -0.05) is 12.1 Å². The SMILES string of the molecule is O=C(O)c1c(=O)c2cc(N3CCSCC3)c([N+](=O)[O-])cc2n2c1sc1ccccc12. The Kier molecular flexibility index (Phi) is 4.40. The van der Waals surface area contributed by atoms with E-state index in [1.807, 2.05) is 29.2 Å². The Balaban J connectivity index is 1.97. The lowest BCUT2D eigenvalue weighted by molar-refractivity contribution is -0.384. The van der Waals surface area contributed by atoms with Crippen LogP contribution in [0.5, 0.6) is 0 Å². The maximum Gasteiger partial charge on any atom is 0.342 e. The first kappa shape index (κ1) is 18.9. The van der Waals surface area contributed by atoms with Gasteiger partial charge >= 0.3 is 5.97 Å². The lowest BCUT2D eigenvalue weighted by atomic mass is 10.1. The van der Waals surface area contributed by atoms with E-state index in [0.29, 0.717) is 29.8 Å². The maximum absolute atomic E-state index is 13.2. The van der Waals surface area contributed by atoms with E-state index >= 15 is 0 Å². The van der Waals surface area contributed by atoms with Crippen molar-refractivity contribution in [3.63, 3.8) is 0 Å². The number of anilines is 1. The molecule has 1 aliphatic heterocycles. The van der Waals surface area contributed by atoms with Crippen LogP contribution in [0.25, 0.3) is 25.9 Å². The molecule has 1 N–H and O–H groups in total. The fourth-order valence-electron chi connectivity index (χ4n) is 3.95. The molecule has 0 radical (unpaired) electrons. The summed E-state index contributed by atoms with van der Waals surface area (Å²) in [5, 5.41) is 21.9. The number of benzene rings is 2. The number of thiazole rings is 1. The summed E-state index contributed by atoms with van der Waals surface area (Å²) < 4.78 is 2.45. The van der Waals surface area contributed by atoms with Gasteiger partial charge in [0.1, 0.15) is 16.1 Å². The smallest absolute Gasteiger partial charge is 0.342 e. The van der Waals surface area contributed by atoms with Gasteiger partial charge in [0.15, 0.2) is 0 Å². The summed E-state index contributed by atoms with van der Waals surface area (Å²) in [5.74, 6) is 0.367. The van der Waals surface area contributed by atoms with Crippen LogP contribution in [0.1, 0.15) is 10.4 Å². The van der Waals surface area contributed by atoms with Gasteiger partial charge in [0.2, 0.25) is 5.43 Å². The zero-order valence-electron chi connectivity index (χ0n) is 15.5. The number of fused-ring (bicyclic) bond motifs is 5. The molecule has 3 heterocycles. The number of carbonyl (C=O) groups is 1. The number of carboxylic acid groups (broad SMARTS) is 1. The van der Waals surface area contributed by atoms with Gasteiger partial charge in [-0.15, -0.1) is 11.3 Å². The van der Waals surface area contributed by atoms with Gasteiger partial charge in [-0.2, -0.15) is 11.8 Å². The van der Waals surface area contributed by atoms with Crippen molar-refractivity contribution in [1.29, 1.82) is 0 Å². The van der Waals surface area contributed by atoms with Gasteiger partial charge in [0.25, 0.3) is 5.69 Å². The molecule has 2 aromatic carbocycles. The van der Waals surface area contributed by atoms with E-state index in [-0.39, 0.29) is 21.5 Å². The second-order valence-electron chi connectivity index (χ2n) is 6.93. The van der Waals surface area contributed by atoms with Crippen LogP contribution in [-0.4, -0.2) is 45.0 Å². The Morgan fingerprint density at radius 1 is 1.13 bits per heavy atom. The van der Waals surface area contributed by atoms with Crippen molar-refractivity contribution >= 4 is 66.4 Å². The zero-order chi connectivity index (χ0) is 21.0. The van der Waals surface area contributed by atoms with Crippen LogP contribution >= 0.6 is 23.1 Å². The zero-order valence-corrected chi connectivity index (χ0v) is 17.2. The molecular formula is C20H15N3O5S2. The summed E-state index contributed by atoms with van der Waals surface area (Å²) in [6.45, 7) is 1.27. The molecule has 0 aliphatic carbocycles. The molecule has 1 saturated heterocycles. The standard InChI is InChI=1S/C20H15N3O5S2/c24-18-11-9-14(21-5-7-29-8-6-21)15(23(27)28)10-13(11)22-12-3-1-2-4-16(12)30-19(22)17(18)20(25)26/h1-4,9-10H,5-8H2,(H,25,26). The summed E-state index contributed by atoms with van der Waals surface area (Å²) in [6, 6.07) is 10.2.